The number of esters is 1. The van der Waals surface area contributed by atoms with Crippen molar-refractivity contribution >= 4 is 23.7 Å². The fourth-order valence-corrected chi connectivity index (χ4v) is 3.53. The number of hydrogen-bond donors (Lipinski definition) is 1. The lowest BCUT2D eigenvalue weighted by molar-refractivity contribution is -0.136. The molecule has 1 aliphatic heterocycles. The third-order valence-corrected chi connectivity index (χ3v) is 4.75. The number of hydrogen-bond acceptors (Lipinski definition) is 7. The molecule has 7 nitrogen and oxygen atoms in total. The van der Waals surface area contributed by atoms with Gasteiger partial charge in [0, 0.05) is 11.3 Å². The molecule has 1 atom stereocenters. The second-order valence-electron chi connectivity index (χ2n) is 5.62. The van der Waals surface area contributed by atoms with E-state index in [1.165, 1.54) is 7.11 Å². The predicted octanol–water partition coefficient (Wildman–Crippen LogP) is 3.25. The van der Waals surface area contributed by atoms with Crippen LogP contribution in [0.5, 0.6) is 5.75 Å². The first-order valence-electron chi connectivity index (χ1n) is 8.47. The van der Waals surface area contributed by atoms with E-state index in [-0.39, 0.29) is 0 Å². The fourth-order valence-electron chi connectivity index (χ4n) is 2.98. The number of nitrogens with one attached hydrogen (secondary N) is 1. The number of carbonyl (C=O) groups is 1. The fraction of sp³-hybridized carbons (Fsp3) is 0.389. The van der Waals surface area contributed by atoms with Crippen molar-refractivity contribution in [3.05, 3.63) is 41.1 Å². The van der Waals surface area contributed by atoms with Crippen LogP contribution in [0.2, 0.25) is 0 Å². The van der Waals surface area contributed by atoms with E-state index in [4.69, 9.17) is 9.47 Å². The van der Waals surface area contributed by atoms with Crippen LogP contribution >= 0.6 is 11.8 Å². The SMILES string of the molecule is CCOc1ccccc1C1C(C(=O)OC)=C(C)Nc2nc(SCC)nn21. The molecule has 0 saturated heterocycles. The molecule has 1 aliphatic rings. The Kier molecular flexibility index (Phi) is 5.51. The standard InChI is InChI=1S/C18H22N4O3S/c1-5-25-13-10-8-7-9-12(13)15-14(16(23)24-4)11(3)19-17-20-18(26-6-2)21-22(15)17/h7-10,15H,5-6H2,1-4H3,(H,19,20,21). The number of rotatable bonds is 6. The number of thioether (sulfide) groups is 1. The first kappa shape index (κ1) is 18.3. The van der Waals surface area contributed by atoms with Crippen LogP contribution in [0.3, 0.4) is 0 Å². The van der Waals surface area contributed by atoms with Crippen LogP contribution in [0.4, 0.5) is 5.95 Å². The van der Waals surface area contributed by atoms with Crippen LogP contribution in [0.25, 0.3) is 0 Å². The van der Waals surface area contributed by atoms with Crippen molar-refractivity contribution in [2.45, 2.75) is 32.0 Å². The average molecular weight is 374 g/mol. The third-order valence-electron chi connectivity index (χ3n) is 4.03. The molecular weight excluding hydrogens is 352 g/mol. The molecule has 1 aromatic heterocycles. The summed E-state index contributed by atoms with van der Waals surface area (Å²) in [6, 6.07) is 7.19. The van der Waals surface area contributed by atoms with Gasteiger partial charge in [0.25, 0.3) is 0 Å². The molecule has 8 heteroatoms. The molecule has 138 valence electrons. The monoisotopic (exact) mass is 374 g/mol. The molecule has 0 radical (unpaired) electrons. The zero-order chi connectivity index (χ0) is 18.7. The Morgan fingerprint density at radius 2 is 2.12 bits per heavy atom. The smallest absolute Gasteiger partial charge is 0.338 e. The molecule has 0 spiro atoms. The molecule has 0 aliphatic carbocycles. The number of allylic oxidation sites excluding steroid dienone is 1. The minimum Gasteiger partial charge on any atom is -0.494 e. The normalized spacial score (nSPS) is 16.1. The topological polar surface area (TPSA) is 78.3 Å². The van der Waals surface area contributed by atoms with E-state index in [9.17, 15) is 4.79 Å². The molecule has 0 fully saturated rings. The Morgan fingerprint density at radius 3 is 2.81 bits per heavy atom. The molecule has 0 bridgehead atoms. The molecule has 2 aromatic rings. The summed E-state index contributed by atoms with van der Waals surface area (Å²) in [4.78, 5) is 17.1. The highest BCUT2D eigenvalue weighted by Gasteiger charge is 2.36. The summed E-state index contributed by atoms with van der Waals surface area (Å²) in [6.07, 6.45) is 0. The van der Waals surface area contributed by atoms with Gasteiger partial charge in [-0.3, -0.25) is 0 Å². The number of para-hydroxylation sites is 1. The lowest BCUT2D eigenvalue weighted by atomic mass is 9.95. The molecule has 3 rings (SSSR count). The van der Waals surface area contributed by atoms with E-state index in [2.05, 4.69) is 15.4 Å². The Labute approximate surface area is 156 Å². The molecule has 0 amide bonds. The number of anilines is 1. The maximum Gasteiger partial charge on any atom is 0.338 e. The van der Waals surface area contributed by atoms with Crippen molar-refractivity contribution < 1.29 is 14.3 Å². The van der Waals surface area contributed by atoms with E-state index in [1.807, 2.05) is 45.0 Å². The Bertz CT molecular complexity index is 847. The van der Waals surface area contributed by atoms with Crippen molar-refractivity contribution in [2.24, 2.45) is 0 Å². The number of methoxy groups -OCH3 is 1. The molecule has 2 heterocycles. The maximum absolute atomic E-state index is 12.5. The largest absolute Gasteiger partial charge is 0.494 e. The van der Waals surface area contributed by atoms with Gasteiger partial charge in [-0.2, -0.15) is 4.98 Å². The number of ether oxygens (including phenoxy) is 2. The van der Waals surface area contributed by atoms with Gasteiger partial charge >= 0.3 is 5.97 Å². The Hall–Kier alpha value is -2.48. The van der Waals surface area contributed by atoms with Gasteiger partial charge in [0.15, 0.2) is 0 Å². The van der Waals surface area contributed by atoms with Gasteiger partial charge in [0.1, 0.15) is 11.8 Å². The summed E-state index contributed by atoms with van der Waals surface area (Å²) < 4.78 is 12.6. The van der Waals surface area contributed by atoms with E-state index in [1.54, 1.807) is 16.4 Å². The van der Waals surface area contributed by atoms with Gasteiger partial charge in [-0.15, -0.1) is 5.10 Å². The zero-order valence-electron chi connectivity index (χ0n) is 15.3. The predicted molar refractivity (Wildman–Crippen MR) is 101 cm³/mol. The van der Waals surface area contributed by atoms with Crippen molar-refractivity contribution in [3.63, 3.8) is 0 Å². The average Bonchev–Trinajstić information content (AvgIpc) is 3.03. The number of nitrogens with zero attached hydrogens (tertiary/aromatic N) is 3. The van der Waals surface area contributed by atoms with Crippen molar-refractivity contribution in [3.8, 4) is 5.75 Å². The van der Waals surface area contributed by atoms with Gasteiger partial charge in [-0.05, 0) is 25.7 Å². The van der Waals surface area contributed by atoms with Gasteiger partial charge < -0.3 is 14.8 Å². The minimum absolute atomic E-state index is 0.405. The quantitative estimate of drug-likeness (QED) is 0.614. The number of fused-ring (bicyclic) bond motifs is 1. The Morgan fingerprint density at radius 1 is 1.35 bits per heavy atom. The molecule has 1 N–H and O–H groups in total. The van der Waals surface area contributed by atoms with Crippen molar-refractivity contribution in [1.82, 2.24) is 14.8 Å². The van der Waals surface area contributed by atoms with Crippen LogP contribution in [0, 0.1) is 0 Å². The third kappa shape index (κ3) is 3.29. The van der Waals surface area contributed by atoms with E-state index < -0.39 is 12.0 Å². The van der Waals surface area contributed by atoms with Gasteiger partial charge in [-0.1, -0.05) is 36.9 Å². The minimum atomic E-state index is -0.472. The van der Waals surface area contributed by atoms with Gasteiger partial charge in [0.05, 0.1) is 19.3 Å². The highest BCUT2D eigenvalue weighted by atomic mass is 32.2. The van der Waals surface area contributed by atoms with Gasteiger partial charge in [-0.25, -0.2) is 9.48 Å². The van der Waals surface area contributed by atoms with Crippen molar-refractivity contribution in [2.75, 3.05) is 24.8 Å². The first-order valence-corrected chi connectivity index (χ1v) is 9.46. The van der Waals surface area contributed by atoms with Crippen LogP contribution in [0.1, 0.15) is 32.4 Å². The number of aromatic nitrogens is 3. The number of benzene rings is 1. The first-order chi connectivity index (χ1) is 12.6. The summed E-state index contributed by atoms with van der Waals surface area (Å²) in [6.45, 7) is 6.34. The van der Waals surface area contributed by atoms with Crippen molar-refractivity contribution in [1.29, 1.82) is 0 Å². The Balaban J connectivity index is 2.19. The molecule has 0 saturated carbocycles. The van der Waals surface area contributed by atoms with E-state index in [0.717, 1.165) is 11.3 Å². The van der Waals surface area contributed by atoms with Crippen LogP contribution in [-0.2, 0) is 9.53 Å². The lowest BCUT2D eigenvalue weighted by Crippen LogP contribution is -2.29. The molecule has 1 unspecified atom stereocenters. The highest BCUT2D eigenvalue weighted by Crippen LogP contribution is 2.40. The summed E-state index contributed by atoms with van der Waals surface area (Å²) in [5, 5.41) is 8.44. The summed E-state index contributed by atoms with van der Waals surface area (Å²) >= 11 is 1.55. The highest BCUT2D eigenvalue weighted by molar-refractivity contribution is 7.99. The van der Waals surface area contributed by atoms with Gasteiger partial charge in [0.2, 0.25) is 11.1 Å². The maximum atomic E-state index is 12.5. The number of carbonyl (C=O) groups excluding carboxylic acids is 1. The van der Waals surface area contributed by atoms with Crippen LogP contribution in [-0.4, -0.2) is 40.2 Å². The second-order valence-corrected chi connectivity index (χ2v) is 6.86. The molecular formula is C18H22N4O3S. The van der Waals surface area contributed by atoms with Crippen LogP contribution in [0.15, 0.2) is 40.7 Å². The summed E-state index contributed by atoms with van der Waals surface area (Å²) in [7, 11) is 1.38. The van der Waals surface area contributed by atoms with E-state index in [0.29, 0.717) is 34.7 Å². The lowest BCUT2D eigenvalue weighted by Gasteiger charge is -2.28. The summed E-state index contributed by atoms with van der Waals surface area (Å²) in [5.41, 5.74) is 2.03. The van der Waals surface area contributed by atoms with Crippen LogP contribution < -0.4 is 10.1 Å². The second kappa shape index (κ2) is 7.82. The zero-order valence-corrected chi connectivity index (χ0v) is 16.1. The van der Waals surface area contributed by atoms with E-state index >= 15 is 0 Å². The molecule has 1 aromatic carbocycles. The summed E-state index contributed by atoms with van der Waals surface area (Å²) in [5.74, 6) is 1.77. The molecule has 26 heavy (non-hydrogen) atoms.